The summed E-state index contributed by atoms with van der Waals surface area (Å²) < 4.78 is 16.5. The minimum absolute atomic E-state index is 0.00245. The van der Waals surface area contributed by atoms with Crippen molar-refractivity contribution in [2.24, 2.45) is 4.74 Å². The Morgan fingerprint density at radius 1 is 0.950 bits per heavy atom. The van der Waals surface area contributed by atoms with E-state index in [-0.39, 0.29) is 10.6 Å². The molecule has 1 atom stereocenters. The highest BCUT2D eigenvalue weighted by atomic mass is 79.9. The number of benzene rings is 4. The number of halogens is 2. The number of nitrogens with zero attached hydrogens (tertiary/aromatic N) is 3. The summed E-state index contributed by atoms with van der Waals surface area (Å²) in [6.07, 6.45) is 0. The quantitative estimate of drug-likeness (QED) is 0.102. The first-order chi connectivity index (χ1) is 18.9. The van der Waals surface area contributed by atoms with Crippen molar-refractivity contribution in [2.75, 3.05) is 0 Å². The van der Waals surface area contributed by atoms with Crippen LogP contribution < -0.4 is 9.83 Å². The molecule has 6 nitrogen and oxygen atoms in total. The van der Waals surface area contributed by atoms with E-state index in [1.807, 2.05) is 25.1 Å². The smallest absolute Gasteiger partial charge is 0.271 e. The molecule has 0 saturated carbocycles. The van der Waals surface area contributed by atoms with Gasteiger partial charge in [-0.3, -0.25) is 10.1 Å². The summed E-state index contributed by atoms with van der Waals surface area (Å²) in [6, 6.07) is 25.6. The molecule has 0 amide bonds. The molecule has 0 unspecified atom stereocenters. The SMILES string of the molecule is CCn1c2ccccc2c2cc([P@@](=Nc3cc([N+](=O)[O-])ccc3C)(Oc3ccc(Br)cc3Br)C(C)(C)C)ccc21. The second-order valence-electron chi connectivity index (χ2n) is 10.7. The molecule has 0 aliphatic rings. The van der Waals surface area contributed by atoms with Gasteiger partial charge in [0.2, 0.25) is 0 Å². The number of rotatable bonds is 6. The maximum atomic E-state index is 11.7. The van der Waals surface area contributed by atoms with Crippen LogP contribution in [0.25, 0.3) is 21.8 Å². The summed E-state index contributed by atoms with van der Waals surface area (Å²) in [7, 11) is -2.93. The molecule has 5 rings (SSSR count). The lowest BCUT2D eigenvalue weighted by atomic mass is 10.1. The van der Waals surface area contributed by atoms with Crippen LogP contribution in [-0.2, 0) is 6.54 Å². The van der Waals surface area contributed by atoms with Crippen molar-refractivity contribution in [1.29, 1.82) is 0 Å². The van der Waals surface area contributed by atoms with Gasteiger partial charge in [-0.05, 0) is 77.8 Å². The van der Waals surface area contributed by atoms with Gasteiger partial charge in [0, 0.05) is 55.4 Å². The highest BCUT2D eigenvalue weighted by Crippen LogP contribution is 2.63. The Bertz CT molecular complexity index is 1840. The summed E-state index contributed by atoms with van der Waals surface area (Å²) in [4.78, 5) is 11.3. The second kappa shape index (κ2) is 10.8. The van der Waals surface area contributed by atoms with Crippen molar-refractivity contribution in [2.45, 2.75) is 46.3 Å². The normalized spacial score (nSPS) is 13.4. The summed E-state index contributed by atoms with van der Waals surface area (Å²) in [5, 5.41) is 14.5. The number of para-hydroxylation sites is 1. The van der Waals surface area contributed by atoms with Crippen LogP contribution in [0.15, 0.2) is 92.6 Å². The predicted molar refractivity (Wildman–Crippen MR) is 174 cm³/mol. The third-order valence-corrected chi connectivity index (χ3v) is 12.0. The Morgan fingerprint density at radius 3 is 2.35 bits per heavy atom. The van der Waals surface area contributed by atoms with Gasteiger partial charge in [-0.2, -0.15) is 0 Å². The molecule has 0 spiro atoms. The molecule has 40 heavy (non-hydrogen) atoms. The first-order valence-electron chi connectivity index (χ1n) is 13.0. The molecule has 5 aromatic rings. The van der Waals surface area contributed by atoms with E-state index in [2.05, 4.69) is 107 Å². The van der Waals surface area contributed by atoms with E-state index in [1.165, 1.54) is 17.0 Å². The summed E-state index contributed by atoms with van der Waals surface area (Å²) in [6.45, 7) is 11.3. The Morgan fingerprint density at radius 2 is 1.68 bits per heavy atom. The van der Waals surface area contributed by atoms with Crippen molar-refractivity contribution >= 4 is 77.6 Å². The number of nitro groups is 1. The van der Waals surface area contributed by atoms with Crippen LogP contribution in [0.3, 0.4) is 0 Å². The molecule has 9 heteroatoms. The van der Waals surface area contributed by atoms with Crippen LogP contribution in [0.2, 0.25) is 0 Å². The Hall–Kier alpha value is -2.93. The molecule has 1 aromatic heterocycles. The molecule has 0 aliphatic carbocycles. The fourth-order valence-corrected chi connectivity index (χ4v) is 9.45. The molecule has 4 aromatic carbocycles. The third kappa shape index (κ3) is 5.02. The van der Waals surface area contributed by atoms with E-state index >= 15 is 0 Å². The summed E-state index contributed by atoms with van der Waals surface area (Å²) in [5.74, 6) is 0.661. The van der Waals surface area contributed by atoms with Crippen molar-refractivity contribution in [3.63, 3.8) is 0 Å². The fraction of sp³-hybridized carbons (Fsp3) is 0.226. The van der Waals surface area contributed by atoms with Crippen molar-refractivity contribution in [1.82, 2.24) is 4.57 Å². The van der Waals surface area contributed by atoms with Crippen molar-refractivity contribution < 1.29 is 9.45 Å². The highest BCUT2D eigenvalue weighted by molar-refractivity contribution is 9.11. The minimum Gasteiger partial charge on any atom is -0.454 e. The Kier molecular flexibility index (Phi) is 7.73. The van der Waals surface area contributed by atoms with Gasteiger partial charge in [0.15, 0.2) is 7.28 Å². The highest BCUT2D eigenvalue weighted by Gasteiger charge is 2.40. The number of aromatic nitrogens is 1. The van der Waals surface area contributed by atoms with Crippen LogP contribution >= 0.6 is 39.1 Å². The van der Waals surface area contributed by atoms with E-state index in [4.69, 9.17) is 9.27 Å². The lowest BCUT2D eigenvalue weighted by molar-refractivity contribution is -0.384. The zero-order chi connectivity index (χ0) is 28.8. The van der Waals surface area contributed by atoms with Gasteiger partial charge in [0.1, 0.15) is 5.75 Å². The topological polar surface area (TPSA) is 69.7 Å². The largest absolute Gasteiger partial charge is 0.454 e. The molecule has 206 valence electrons. The molecular weight excluding hydrogens is 653 g/mol. The lowest BCUT2D eigenvalue weighted by Crippen LogP contribution is -2.27. The molecule has 0 saturated heterocycles. The summed E-state index contributed by atoms with van der Waals surface area (Å²) in [5.41, 5.74) is 3.74. The third-order valence-electron chi connectivity index (χ3n) is 7.11. The monoisotopic (exact) mass is 681 g/mol. The number of hydrogen-bond acceptors (Lipinski definition) is 4. The molecule has 0 aliphatic heterocycles. The maximum Gasteiger partial charge on any atom is 0.271 e. The molecule has 0 N–H and O–H groups in total. The van der Waals surface area contributed by atoms with Crippen LogP contribution in [0, 0.1) is 17.0 Å². The first kappa shape index (κ1) is 28.6. The average molecular weight is 683 g/mol. The van der Waals surface area contributed by atoms with Gasteiger partial charge in [0.05, 0.1) is 15.1 Å². The number of non-ortho nitro benzene ring substituents is 1. The predicted octanol–water partition coefficient (Wildman–Crippen LogP) is 10.5. The standard InChI is InChI=1S/C31H30Br2N3O3P/c1-6-35-28-10-8-7-9-24(28)25-19-23(14-15-29(25)35)40(31(3,4)5,39-30-16-12-21(32)17-26(30)33)34-27-18-22(36(37)38)13-11-20(27)2/h7-19H,6H2,1-5H3/t40-/m1/s1. The average Bonchev–Trinajstić information content (AvgIpc) is 3.23. The lowest BCUT2D eigenvalue weighted by Gasteiger charge is -2.37. The van der Waals surface area contributed by atoms with Gasteiger partial charge >= 0.3 is 0 Å². The molecule has 0 radical (unpaired) electrons. The minimum atomic E-state index is -2.93. The first-order valence-corrected chi connectivity index (χ1v) is 16.2. The Labute approximate surface area is 250 Å². The molecule has 0 bridgehead atoms. The molecule has 1 heterocycles. The van der Waals surface area contributed by atoms with Crippen LogP contribution in [0.1, 0.15) is 33.3 Å². The zero-order valence-corrected chi connectivity index (χ0v) is 27.0. The van der Waals surface area contributed by atoms with Crippen molar-refractivity contribution in [3.8, 4) is 5.75 Å². The number of aryl methyl sites for hydroxylation is 2. The van der Waals surface area contributed by atoms with Gasteiger partial charge in [-0.15, -0.1) is 0 Å². The molecular formula is C31H30Br2N3O3P. The van der Waals surface area contributed by atoms with Gasteiger partial charge in [0.25, 0.3) is 5.69 Å². The van der Waals surface area contributed by atoms with Crippen LogP contribution in [0.4, 0.5) is 11.4 Å². The fourth-order valence-electron chi connectivity index (χ4n) is 5.04. The van der Waals surface area contributed by atoms with E-state index in [1.54, 1.807) is 12.1 Å². The zero-order valence-electron chi connectivity index (χ0n) is 23.0. The summed E-state index contributed by atoms with van der Waals surface area (Å²) >= 11 is 7.22. The maximum absolute atomic E-state index is 11.7. The Balaban J connectivity index is 1.89. The number of nitro benzene ring substituents is 1. The van der Waals surface area contributed by atoms with Gasteiger partial charge < -0.3 is 9.09 Å². The number of fused-ring (bicyclic) bond motifs is 3. The van der Waals surface area contributed by atoms with Crippen LogP contribution in [0.5, 0.6) is 5.75 Å². The van der Waals surface area contributed by atoms with Gasteiger partial charge in [-0.1, -0.05) is 61.0 Å². The van der Waals surface area contributed by atoms with Crippen molar-refractivity contribution in [3.05, 3.63) is 103 Å². The molecule has 0 fully saturated rings. The van der Waals surface area contributed by atoms with E-state index in [0.717, 1.165) is 37.3 Å². The van der Waals surface area contributed by atoms with E-state index in [9.17, 15) is 10.1 Å². The van der Waals surface area contributed by atoms with Gasteiger partial charge in [-0.25, -0.2) is 4.74 Å². The van der Waals surface area contributed by atoms with Crippen LogP contribution in [-0.4, -0.2) is 14.6 Å². The van der Waals surface area contributed by atoms with E-state index < -0.39 is 12.4 Å². The second-order valence-corrected chi connectivity index (χ2v) is 15.9. The number of hydrogen-bond donors (Lipinski definition) is 0. The van der Waals surface area contributed by atoms with E-state index in [0.29, 0.717) is 11.4 Å².